The van der Waals surface area contributed by atoms with Crippen molar-refractivity contribution in [3.63, 3.8) is 0 Å². The second-order valence-electron chi connectivity index (χ2n) is 6.84. The number of nitrogen functional groups attached to an aromatic ring is 2. The Balaban J connectivity index is 1.94. The fraction of sp³-hybridized carbons (Fsp3) is 0.0952. The number of sulfone groups is 1. The van der Waals surface area contributed by atoms with Crippen LogP contribution in [0.2, 0.25) is 0 Å². The van der Waals surface area contributed by atoms with Gasteiger partial charge in [-0.1, -0.05) is 24.3 Å². The van der Waals surface area contributed by atoms with Crippen molar-refractivity contribution in [1.29, 1.82) is 5.41 Å². The quantitative estimate of drug-likeness (QED) is 0.343. The van der Waals surface area contributed by atoms with Gasteiger partial charge in [-0.2, -0.15) is 0 Å². The molecule has 1 unspecified atom stereocenters. The van der Waals surface area contributed by atoms with E-state index in [0.717, 1.165) is 11.8 Å². The van der Waals surface area contributed by atoms with Gasteiger partial charge >= 0.3 is 0 Å². The summed E-state index contributed by atoms with van der Waals surface area (Å²) < 4.78 is 39.6. The molecule has 3 aromatic rings. The van der Waals surface area contributed by atoms with Crippen LogP contribution in [-0.4, -0.2) is 24.6 Å². The number of benzene rings is 3. The topological polar surface area (TPSA) is 139 Å². The fourth-order valence-corrected chi connectivity index (χ4v) is 5.20. The van der Waals surface area contributed by atoms with Crippen molar-refractivity contribution in [2.45, 2.75) is 16.7 Å². The van der Waals surface area contributed by atoms with Gasteiger partial charge in [0.2, 0.25) is 0 Å². The van der Waals surface area contributed by atoms with Crippen molar-refractivity contribution in [3.8, 4) is 0 Å². The van der Waals surface area contributed by atoms with Crippen molar-refractivity contribution in [2.75, 3.05) is 22.4 Å². The predicted molar refractivity (Wildman–Crippen MR) is 122 cm³/mol. The van der Waals surface area contributed by atoms with Crippen LogP contribution in [-0.2, 0) is 20.8 Å². The van der Waals surface area contributed by atoms with Crippen molar-refractivity contribution >= 4 is 43.6 Å². The van der Waals surface area contributed by atoms with Gasteiger partial charge in [-0.15, -0.1) is 0 Å². The number of hydrogen-bond acceptors (Lipinski definition) is 6. The van der Waals surface area contributed by atoms with E-state index in [1.165, 1.54) is 12.1 Å². The molecule has 7 nitrogen and oxygen atoms in total. The molecule has 0 spiro atoms. The maximum atomic E-state index is 12.8. The molecule has 0 fully saturated rings. The molecule has 0 aliphatic carbocycles. The van der Waals surface area contributed by atoms with Gasteiger partial charge in [-0.3, -0.25) is 5.41 Å². The Kier molecular flexibility index (Phi) is 5.95. The number of aryl methyl sites for hydroxylation is 1. The molecule has 0 aromatic heterocycles. The lowest BCUT2D eigenvalue weighted by Crippen LogP contribution is -2.12. The molecule has 0 aliphatic heterocycles. The van der Waals surface area contributed by atoms with E-state index >= 15 is 0 Å². The Morgan fingerprint density at radius 2 is 1.70 bits per heavy atom. The highest BCUT2D eigenvalue weighted by Crippen LogP contribution is 2.25. The fourth-order valence-electron chi connectivity index (χ4n) is 2.86. The van der Waals surface area contributed by atoms with Crippen LogP contribution in [0.4, 0.5) is 17.1 Å². The van der Waals surface area contributed by atoms with Crippen LogP contribution in [0.15, 0.2) is 70.5 Å². The molecule has 1 atom stereocenters. The molecule has 156 valence electrons. The Bertz CT molecular complexity index is 1270. The largest absolute Gasteiger partial charge is 0.398 e. The van der Waals surface area contributed by atoms with E-state index in [4.69, 9.17) is 16.9 Å². The maximum Gasteiger partial charge on any atom is 0.176 e. The first-order valence-electron chi connectivity index (χ1n) is 8.90. The molecule has 9 heteroatoms. The standard InChI is InChI=1S/C21H22N4O3S2/c1-13-7-8-14(11-18(13)23)21(24)16-12-15(9-10-17(16)22)25-29(26)19-5-3-4-6-20(19)30(2,27)28/h3-12,24-25H,22-23H2,1-2H3. The molecule has 30 heavy (non-hydrogen) atoms. The lowest BCUT2D eigenvalue weighted by atomic mass is 9.99. The first kappa shape index (κ1) is 21.5. The molecule has 3 rings (SSSR count). The molecule has 0 heterocycles. The van der Waals surface area contributed by atoms with Gasteiger partial charge in [-0.05, 0) is 48.9 Å². The normalized spacial score (nSPS) is 12.3. The van der Waals surface area contributed by atoms with Crippen molar-refractivity contribution in [2.24, 2.45) is 0 Å². The van der Waals surface area contributed by atoms with Crippen LogP contribution >= 0.6 is 0 Å². The smallest absolute Gasteiger partial charge is 0.176 e. The Morgan fingerprint density at radius 3 is 2.37 bits per heavy atom. The molecule has 0 saturated heterocycles. The maximum absolute atomic E-state index is 12.8. The van der Waals surface area contributed by atoms with Gasteiger partial charge in [-0.25, -0.2) is 12.6 Å². The summed E-state index contributed by atoms with van der Waals surface area (Å²) in [6, 6.07) is 16.3. The molecule has 0 radical (unpaired) electrons. The molecular formula is C21H22N4O3S2. The predicted octanol–water partition coefficient (Wildman–Crippen LogP) is 3.11. The monoisotopic (exact) mass is 442 g/mol. The third-order valence-electron chi connectivity index (χ3n) is 4.55. The highest BCUT2D eigenvalue weighted by Gasteiger charge is 2.18. The lowest BCUT2D eigenvalue weighted by Gasteiger charge is -2.13. The van der Waals surface area contributed by atoms with Crippen LogP contribution in [0.25, 0.3) is 0 Å². The minimum Gasteiger partial charge on any atom is -0.398 e. The van der Waals surface area contributed by atoms with Crippen LogP contribution in [0.5, 0.6) is 0 Å². The summed E-state index contributed by atoms with van der Waals surface area (Å²) in [7, 11) is -5.37. The minimum absolute atomic E-state index is 0.00521. The summed E-state index contributed by atoms with van der Waals surface area (Å²) in [5.74, 6) is 0. The number of nitrogens with two attached hydrogens (primary N) is 2. The van der Waals surface area contributed by atoms with Crippen LogP contribution in [0.3, 0.4) is 0 Å². The first-order valence-corrected chi connectivity index (χ1v) is 11.9. The zero-order chi connectivity index (χ0) is 22.1. The van der Waals surface area contributed by atoms with Crippen molar-refractivity contribution < 1.29 is 12.6 Å². The van der Waals surface area contributed by atoms with Crippen LogP contribution in [0.1, 0.15) is 16.7 Å². The Hall–Kier alpha value is -3.17. The summed E-state index contributed by atoms with van der Waals surface area (Å²) in [4.78, 5) is 0.147. The van der Waals surface area contributed by atoms with E-state index in [0.29, 0.717) is 28.2 Å². The highest BCUT2D eigenvalue weighted by molar-refractivity contribution is 7.92. The number of hydrogen-bond donors (Lipinski definition) is 4. The van der Waals surface area contributed by atoms with E-state index in [-0.39, 0.29) is 15.5 Å². The zero-order valence-corrected chi connectivity index (χ0v) is 18.1. The minimum atomic E-state index is -3.54. The van der Waals surface area contributed by atoms with Gasteiger partial charge in [0, 0.05) is 34.4 Å². The molecular weight excluding hydrogens is 420 g/mol. The van der Waals surface area contributed by atoms with Crippen molar-refractivity contribution in [3.05, 3.63) is 77.4 Å². The molecule has 0 saturated carbocycles. The zero-order valence-electron chi connectivity index (χ0n) is 16.5. The molecule has 0 amide bonds. The summed E-state index contributed by atoms with van der Waals surface area (Å²) >= 11 is 0. The number of anilines is 3. The molecule has 0 aliphatic rings. The van der Waals surface area contributed by atoms with E-state index < -0.39 is 20.8 Å². The third-order valence-corrected chi connectivity index (χ3v) is 7.01. The van der Waals surface area contributed by atoms with Gasteiger partial charge in [0.05, 0.1) is 15.5 Å². The average Bonchev–Trinajstić information content (AvgIpc) is 2.70. The van der Waals surface area contributed by atoms with Crippen molar-refractivity contribution in [1.82, 2.24) is 0 Å². The van der Waals surface area contributed by atoms with E-state index in [1.54, 1.807) is 42.5 Å². The van der Waals surface area contributed by atoms with E-state index in [1.807, 2.05) is 13.0 Å². The summed E-state index contributed by atoms with van der Waals surface area (Å²) in [5, 5.41) is 8.52. The third kappa shape index (κ3) is 4.52. The number of nitrogens with one attached hydrogen (secondary N) is 2. The van der Waals surface area contributed by atoms with Gasteiger partial charge < -0.3 is 16.2 Å². The van der Waals surface area contributed by atoms with E-state index in [9.17, 15) is 12.6 Å². The Morgan fingerprint density at radius 1 is 1.00 bits per heavy atom. The molecule has 0 bridgehead atoms. The number of rotatable bonds is 6. The SMILES string of the molecule is Cc1ccc(C(=N)c2cc(NS(=O)c3ccccc3S(C)(=O)=O)ccc2N)cc1N. The van der Waals surface area contributed by atoms with Crippen LogP contribution in [0, 0.1) is 12.3 Å². The lowest BCUT2D eigenvalue weighted by molar-refractivity contribution is 0.599. The van der Waals surface area contributed by atoms with Gasteiger partial charge in [0.25, 0.3) is 0 Å². The Labute approximate surface area is 178 Å². The highest BCUT2D eigenvalue weighted by atomic mass is 32.2. The first-order chi connectivity index (χ1) is 14.1. The second kappa shape index (κ2) is 8.29. The van der Waals surface area contributed by atoms with Gasteiger partial charge in [0.15, 0.2) is 20.8 Å². The summed E-state index contributed by atoms with van der Waals surface area (Å²) in [6.45, 7) is 1.88. The van der Waals surface area contributed by atoms with E-state index in [2.05, 4.69) is 4.72 Å². The summed E-state index contributed by atoms with van der Waals surface area (Å²) in [6.07, 6.45) is 1.07. The molecule has 3 aromatic carbocycles. The van der Waals surface area contributed by atoms with Gasteiger partial charge in [0.1, 0.15) is 0 Å². The molecule has 6 N–H and O–H groups in total. The average molecular weight is 443 g/mol. The second-order valence-corrected chi connectivity index (χ2v) is 10.0. The van der Waals surface area contributed by atoms with Crippen LogP contribution < -0.4 is 16.2 Å². The summed E-state index contributed by atoms with van der Waals surface area (Å²) in [5.41, 5.74) is 15.5.